The third-order valence-electron chi connectivity index (χ3n) is 5.52. The Hall–Kier alpha value is -3.00. The number of aromatic nitrogens is 3. The van der Waals surface area contributed by atoms with Crippen LogP contribution in [0.4, 0.5) is 17.6 Å². The molecule has 36 heavy (non-hydrogen) atoms. The van der Waals surface area contributed by atoms with Crippen molar-refractivity contribution in [3.05, 3.63) is 97.8 Å². The van der Waals surface area contributed by atoms with Gasteiger partial charge in [-0.3, -0.25) is 4.98 Å². The van der Waals surface area contributed by atoms with Crippen LogP contribution in [-0.2, 0) is 0 Å². The molecule has 0 radical (unpaired) electrons. The molecule has 3 nitrogen and oxygen atoms in total. The largest absolute Gasteiger partial charge is 0.254 e. The van der Waals surface area contributed by atoms with Crippen molar-refractivity contribution in [1.82, 2.24) is 15.0 Å². The number of aryl methyl sites for hydroxylation is 1. The molecule has 0 aliphatic carbocycles. The first-order chi connectivity index (χ1) is 17.0. The Morgan fingerprint density at radius 1 is 0.667 bits per heavy atom. The molecule has 0 aliphatic heterocycles. The van der Waals surface area contributed by atoms with Crippen LogP contribution in [0.25, 0.3) is 33.2 Å². The molecular weight excluding hydrogens is 537 g/mol. The summed E-state index contributed by atoms with van der Waals surface area (Å²) in [6.45, 7) is 5.27. The Labute approximate surface area is 218 Å². The van der Waals surface area contributed by atoms with Gasteiger partial charge in [0, 0.05) is 36.0 Å². The van der Waals surface area contributed by atoms with Gasteiger partial charge in [-0.2, -0.15) is 0 Å². The molecule has 3 heterocycles. The van der Waals surface area contributed by atoms with Gasteiger partial charge < -0.3 is 0 Å². The Morgan fingerprint density at radius 2 is 1.19 bits per heavy atom. The predicted octanol–water partition coefficient (Wildman–Crippen LogP) is 8.97. The number of nitrogens with zero attached hydrogens (tertiary/aromatic N) is 3. The zero-order valence-corrected chi connectivity index (χ0v) is 21.3. The molecule has 184 valence electrons. The van der Waals surface area contributed by atoms with Crippen molar-refractivity contribution < 1.29 is 17.6 Å². The van der Waals surface area contributed by atoms with Crippen LogP contribution in [-0.4, -0.2) is 15.0 Å². The van der Waals surface area contributed by atoms with Crippen molar-refractivity contribution in [2.24, 2.45) is 0 Å². The van der Waals surface area contributed by atoms with E-state index in [1.807, 2.05) is 19.1 Å². The van der Waals surface area contributed by atoms with Crippen LogP contribution >= 0.6 is 34.8 Å². The molecule has 0 spiro atoms. The van der Waals surface area contributed by atoms with Crippen LogP contribution in [0.2, 0.25) is 15.2 Å². The SMILES string of the molecule is Cc1c(Cl)nc2cc(F)cc(F)c2c1Cl.Cc1cccnc1-c1nc2cc(F)cc(F)c2c(Cl)c1C. The van der Waals surface area contributed by atoms with Crippen molar-refractivity contribution in [3.63, 3.8) is 0 Å². The van der Waals surface area contributed by atoms with E-state index in [2.05, 4.69) is 15.0 Å². The van der Waals surface area contributed by atoms with Gasteiger partial charge in [-0.25, -0.2) is 27.5 Å². The van der Waals surface area contributed by atoms with E-state index in [1.54, 1.807) is 20.0 Å². The molecule has 5 rings (SSSR count). The van der Waals surface area contributed by atoms with Crippen LogP contribution in [0.15, 0.2) is 42.6 Å². The summed E-state index contributed by atoms with van der Waals surface area (Å²) in [5.41, 5.74) is 3.52. The van der Waals surface area contributed by atoms with Gasteiger partial charge in [-0.15, -0.1) is 0 Å². The van der Waals surface area contributed by atoms with Crippen LogP contribution in [0.3, 0.4) is 0 Å². The summed E-state index contributed by atoms with van der Waals surface area (Å²) in [6.07, 6.45) is 1.65. The second kappa shape index (κ2) is 10.2. The first kappa shape index (κ1) is 26.1. The Balaban J connectivity index is 0.000000179. The molecule has 5 aromatic rings. The van der Waals surface area contributed by atoms with Crippen LogP contribution in [0, 0.1) is 44.0 Å². The lowest BCUT2D eigenvalue weighted by Gasteiger charge is -2.12. The first-order valence-corrected chi connectivity index (χ1v) is 11.6. The molecule has 0 N–H and O–H groups in total. The average Bonchev–Trinajstić information content (AvgIpc) is 2.80. The molecule has 0 amide bonds. The maximum atomic E-state index is 13.9. The lowest BCUT2D eigenvalue weighted by Crippen LogP contribution is -1.98. The van der Waals surface area contributed by atoms with E-state index >= 15 is 0 Å². The third-order valence-corrected chi connectivity index (χ3v) is 6.83. The molecule has 0 saturated heterocycles. The van der Waals surface area contributed by atoms with Gasteiger partial charge in [0.2, 0.25) is 0 Å². The Kier molecular flexibility index (Phi) is 7.36. The maximum absolute atomic E-state index is 13.9. The molecule has 0 saturated carbocycles. The van der Waals surface area contributed by atoms with Crippen LogP contribution in [0.1, 0.15) is 16.7 Å². The van der Waals surface area contributed by atoms with Gasteiger partial charge in [-0.05, 0) is 38.0 Å². The van der Waals surface area contributed by atoms with Crippen molar-refractivity contribution >= 4 is 56.6 Å². The van der Waals surface area contributed by atoms with E-state index in [0.29, 0.717) is 22.5 Å². The van der Waals surface area contributed by atoms with Gasteiger partial charge >= 0.3 is 0 Å². The molecule has 0 atom stereocenters. The maximum Gasteiger partial charge on any atom is 0.137 e. The third kappa shape index (κ3) is 4.83. The quantitative estimate of drug-likeness (QED) is 0.154. The van der Waals surface area contributed by atoms with Gasteiger partial charge in [0.1, 0.15) is 28.4 Å². The van der Waals surface area contributed by atoms with E-state index in [-0.39, 0.29) is 37.0 Å². The highest BCUT2D eigenvalue weighted by Crippen LogP contribution is 2.35. The summed E-state index contributed by atoms with van der Waals surface area (Å²) in [4.78, 5) is 12.5. The molecule has 10 heteroatoms. The molecule has 3 aromatic heterocycles. The highest BCUT2D eigenvalue weighted by atomic mass is 35.5. The second-order valence-corrected chi connectivity index (χ2v) is 9.09. The fourth-order valence-electron chi connectivity index (χ4n) is 3.66. The van der Waals surface area contributed by atoms with Crippen molar-refractivity contribution in [2.45, 2.75) is 20.8 Å². The average molecular weight is 553 g/mol. The highest BCUT2D eigenvalue weighted by molar-refractivity contribution is 6.39. The minimum absolute atomic E-state index is 0.0972. The van der Waals surface area contributed by atoms with E-state index in [9.17, 15) is 17.6 Å². The first-order valence-electron chi connectivity index (χ1n) is 10.5. The van der Waals surface area contributed by atoms with E-state index in [1.165, 1.54) is 6.07 Å². The summed E-state index contributed by atoms with van der Waals surface area (Å²) in [6, 6.07) is 7.55. The van der Waals surface area contributed by atoms with Crippen LogP contribution in [0.5, 0.6) is 0 Å². The fourth-order valence-corrected chi connectivity index (χ4v) is 4.45. The molecular formula is C26H16Cl3F4N3. The summed E-state index contributed by atoms with van der Waals surface area (Å²) in [5.74, 6) is -2.84. The number of hydrogen-bond acceptors (Lipinski definition) is 3. The molecule has 0 aliphatic rings. The smallest absolute Gasteiger partial charge is 0.137 e. The minimum atomic E-state index is -0.734. The number of rotatable bonds is 1. The predicted molar refractivity (Wildman–Crippen MR) is 136 cm³/mol. The van der Waals surface area contributed by atoms with E-state index in [0.717, 1.165) is 23.8 Å². The molecule has 0 fully saturated rings. The summed E-state index contributed by atoms with van der Waals surface area (Å²) < 4.78 is 53.6. The Morgan fingerprint density at radius 3 is 1.75 bits per heavy atom. The summed E-state index contributed by atoms with van der Waals surface area (Å²) >= 11 is 17.9. The number of halogens is 7. The zero-order valence-electron chi connectivity index (χ0n) is 19.0. The number of benzene rings is 2. The van der Waals surface area contributed by atoms with Gasteiger partial charge in [0.05, 0.1) is 43.2 Å². The highest BCUT2D eigenvalue weighted by Gasteiger charge is 2.18. The topological polar surface area (TPSA) is 38.7 Å². The van der Waals surface area contributed by atoms with Crippen molar-refractivity contribution in [3.8, 4) is 11.4 Å². The summed E-state index contributed by atoms with van der Waals surface area (Å²) in [7, 11) is 0. The fraction of sp³-hybridized carbons (Fsp3) is 0.115. The summed E-state index contributed by atoms with van der Waals surface area (Å²) in [5, 5.41) is 0.783. The normalized spacial score (nSPS) is 11.1. The second-order valence-electron chi connectivity index (χ2n) is 7.97. The van der Waals surface area contributed by atoms with Crippen molar-refractivity contribution in [1.29, 1.82) is 0 Å². The minimum Gasteiger partial charge on any atom is -0.254 e. The number of fused-ring (bicyclic) bond motifs is 2. The molecule has 0 unspecified atom stereocenters. The van der Waals surface area contributed by atoms with Gasteiger partial charge in [-0.1, -0.05) is 40.9 Å². The molecule has 2 aromatic carbocycles. The van der Waals surface area contributed by atoms with Gasteiger partial charge in [0.15, 0.2) is 0 Å². The number of hydrogen-bond donors (Lipinski definition) is 0. The standard InChI is InChI=1S/C16H11ClF2N2.C10H5Cl2F2N/c1-8-4-3-5-20-15(8)16-9(2)14(17)13-11(19)6-10(18)7-12(13)21-16;1-4-9(11)8-6(14)2-5(13)3-7(8)15-10(4)12/h3-7H,1-2H3;2-3H,1H3. The number of pyridine rings is 3. The molecule has 0 bridgehead atoms. The lowest BCUT2D eigenvalue weighted by atomic mass is 10.0. The van der Waals surface area contributed by atoms with Crippen molar-refractivity contribution in [2.75, 3.05) is 0 Å². The zero-order chi connectivity index (χ0) is 26.3. The van der Waals surface area contributed by atoms with E-state index < -0.39 is 23.3 Å². The monoisotopic (exact) mass is 551 g/mol. The van der Waals surface area contributed by atoms with E-state index in [4.69, 9.17) is 34.8 Å². The van der Waals surface area contributed by atoms with Gasteiger partial charge in [0.25, 0.3) is 0 Å². The lowest BCUT2D eigenvalue weighted by molar-refractivity contribution is 0.590. The van der Waals surface area contributed by atoms with Crippen LogP contribution < -0.4 is 0 Å². The Bertz CT molecular complexity index is 1660.